The maximum absolute atomic E-state index is 13.8. The Morgan fingerprint density at radius 2 is 2.00 bits per heavy atom. The summed E-state index contributed by atoms with van der Waals surface area (Å²) in [5, 5.41) is 0. The molecule has 4 rings (SSSR count). The number of aromatic nitrogens is 2. The number of ether oxygens (including phenoxy) is 2. The molecule has 0 radical (unpaired) electrons. The first-order valence-electron chi connectivity index (χ1n) is 6.16. The molecule has 0 unspecified atom stereocenters. The van der Waals surface area contributed by atoms with Crippen molar-refractivity contribution in [1.29, 1.82) is 0 Å². The second kappa shape index (κ2) is 4.36. The van der Waals surface area contributed by atoms with Gasteiger partial charge in [-0.15, -0.1) is 0 Å². The molecular formula is C14H9BrFN3O2. The van der Waals surface area contributed by atoms with E-state index in [1.165, 1.54) is 6.07 Å². The molecule has 2 N–H and O–H groups in total. The number of imidazole rings is 1. The number of rotatable bonds is 1. The summed E-state index contributed by atoms with van der Waals surface area (Å²) in [5.74, 6) is 1.22. The van der Waals surface area contributed by atoms with Crippen molar-refractivity contribution < 1.29 is 13.9 Å². The van der Waals surface area contributed by atoms with E-state index >= 15 is 0 Å². The van der Waals surface area contributed by atoms with Crippen molar-refractivity contribution >= 4 is 32.9 Å². The summed E-state index contributed by atoms with van der Waals surface area (Å²) in [6, 6.07) is 8.40. The standard InChI is InChI=1S/C14H9BrFN3O2/c15-8-4-10-11(5-9(8)16)19(14(17)18-10)7-1-2-12-13(3-7)21-6-20-12/h1-5H,6H2,(H2,17,18). The minimum atomic E-state index is -0.371. The van der Waals surface area contributed by atoms with Gasteiger partial charge in [0.05, 0.1) is 21.2 Å². The van der Waals surface area contributed by atoms with Crippen LogP contribution in [-0.4, -0.2) is 16.3 Å². The summed E-state index contributed by atoms with van der Waals surface area (Å²) < 4.78 is 26.5. The number of nitrogen functional groups attached to an aromatic ring is 1. The molecule has 1 aromatic heterocycles. The summed E-state index contributed by atoms with van der Waals surface area (Å²) in [6.45, 7) is 0.195. The normalized spacial score (nSPS) is 13.0. The van der Waals surface area contributed by atoms with Crippen LogP contribution in [0.1, 0.15) is 0 Å². The van der Waals surface area contributed by atoms with Gasteiger partial charge in [0.2, 0.25) is 12.7 Å². The quantitative estimate of drug-likeness (QED) is 0.732. The van der Waals surface area contributed by atoms with Gasteiger partial charge in [-0.3, -0.25) is 4.57 Å². The molecule has 2 aromatic carbocycles. The van der Waals surface area contributed by atoms with Crippen molar-refractivity contribution in [3.8, 4) is 17.2 Å². The van der Waals surface area contributed by atoms with Gasteiger partial charge in [-0.1, -0.05) is 0 Å². The molecule has 1 aliphatic rings. The predicted molar refractivity (Wildman–Crippen MR) is 79.3 cm³/mol. The van der Waals surface area contributed by atoms with Crippen molar-refractivity contribution in [1.82, 2.24) is 9.55 Å². The van der Waals surface area contributed by atoms with E-state index in [1.54, 1.807) is 22.8 Å². The minimum Gasteiger partial charge on any atom is -0.454 e. The highest BCUT2D eigenvalue weighted by molar-refractivity contribution is 9.10. The Kier molecular flexibility index (Phi) is 2.58. The van der Waals surface area contributed by atoms with E-state index in [9.17, 15) is 4.39 Å². The van der Waals surface area contributed by atoms with Crippen LogP contribution in [0.2, 0.25) is 0 Å². The largest absolute Gasteiger partial charge is 0.454 e. The van der Waals surface area contributed by atoms with E-state index in [4.69, 9.17) is 15.2 Å². The van der Waals surface area contributed by atoms with Crippen LogP contribution in [0.3, 0.4) is 0 Å². The third-order valence-corrected chi connectivity index (χ3v) is 3.94. The third kappa shape index (κ3) is 1.84. The van der Waals surface area contributed by atoms with Crippen LogP contribution in [0, 0.1) is 5.82 Å². The zero-order valence-electron chi connectivity index (χ0n) is 10.6. The summed E-state index contributed by atoms with van der Waals surface area (Å²) in [4.78, 5) is 4.26. The van der Waals surface area contributed by atoms with Gasteiger partial charge in [0.1, 0.15) is 5.82 Å². The van der Waals surface area contributed by atoms with Gasteiger partial charge in [-0.25, -0.2) is 9.37 Å². The molecule has 3 aromatic rings. The molecule has 21 heavy (non-hydrogen) atoms. The zero-order valence-corrected chi connectivity index (χ0v) is 12.2. The van der Waals surface area contributed by atoms with Gasteiger partial charge >= 0.3 is 0 Å². The lowest BCUT2D eigenvalue weighted by atomic mass is 10.2. The van der Waals surface area contributed by atoms with E-state index in [1.807, 2.05) is 6.07 Å². The van der Waals surface area contributed by atoms with E-state index < -0.39 is 0 Å². The molecule has 2 heterocycles. The number of anilines is 1. The van der Waals surface area contributed by atoms with E-state index in [0.717, 1.165) is 5.69 Å². The number of nitrogens with zero attached hydrogens (tertiary/aromatic N) is 2. The molecule has 1 aliphatic heterocycles. The van der Waals surface area contributed by atoms with E-state index in [0.29, 0.717) is 27.0 Å². The maximum Gasteiger partial charge on any atom is 0.231 e. The molecule has 0 bridgehead atoms. The van der Waals surface area contributed by atoms with Crippen LogP contribution < -0.4 is 15.2 Å². The molecule has 5 nitrogen and oxygen atoms in total. The molecule has 0 saturated heterocycles. The minimum absolute atomic E-state index is 0.195. The van der Waals surface area contributed by atoms with Gasteiger partial charge in [-0.05, 0) is 34.1 Å². The lowest BCUT2D eigenvalue weighted by Crippen LogP contribution is -2.00. The average Bonchev–Trinajstić information content (AvgIpc) is 3.02. The Morgan fingerprint density at radius 3 is 2.86 bits per heavy atom. The van der Waals surface area contributed by atoms with Crippen LogP contribution in [0.4, 0.5) is 10.3 Å². The van der Waals surface area contributed by atoms with Gasteiger partial charge in [0, 0.05) is 12.1 Å². The monoisotopic (exact) mass is 349 g/mol. The number of benzene rings is 2. The number of fused-ring (bicyclic) bond motifs is 2. The third-order valence-electron chi connectivity index (χ3n) is 3.34. The number of hydrogen-bond donors (Lipinski definition) is 1. The first kappa shape index (κ1) is 12.5. The summed E-state index contributed by atoms with van der Waals surface area (Å²) in [5.41, 5.74) is 7.91. The van der Waals surface area contributed by atoms with Crippen LogP contribution in [0.25, 0.3) is 16.7 Å². The lowest BCUT2D eigenvalue weighted by molar-refractivity contribution is 0.174. The fourth-order valence-corrected chi connectivity index (χ4v) is 2.72. The molecule has 0 aliphatic carbocycles. The first-order valence-corrected chi connectivity index (χ1v) is 6.96. The fraction of sp³-hybridized carbons (Fsp3) is 0.0714. The predicted octanol–water partition coefficient (Wildman–Crippen LogP) is 3.24. The van der Waals surface area contributed by atoms with Crippen LogP contribution in [-0.2, 0) is 0 Å². The fourth-order valence-electron chi connectivity index (χ4n) is 2.39. The molecule has 106 valence electrons. The molecule has 0 amide bonds. The number of nitrogens with two attached hydrogens (primary N) is 1. The second-order valence-corrected chi connectivity index (χ2v) is 5.45. The molecule has 0 atom stereocenters. The van der Waals surface area contributed by atoms with Gasteiger partial charge < -0.3 is 15.2 Å². The Balaban J connectivity index is 1.97. The van der Waals surface area contributed by atoms with Crippen molar-refractivity contribution in [2.45, 2.75) is 0 Å². The Hall–Kier alpha value is -2.28. The molecule has 7 heteroatoms. The van der Waals surface area contributed by atoms with Crippen LogP contribution in [0.5, 0.6) is 11.5 Å². The first-order chi connectivity index (χ1) is 10.1. The summed E-state index contributed by atoms with van der Waals surface area (Å²) in [7, 11) is 0. The van der Waals surface area contributed by atoms with Crippen molar-refractivity contribution in [3.63, 3.8) is 0 Å². The Labute approximate surface area is 127 Å². The van der Waals surface area contributed by atoms with Crippen molar-refractivity contribution in [2.24, 2.45) is 0 Å². The highest BCUT2D eigenvalue weighted by Crippen LogP contribution is 2.35. The highest BCUT2D eigenvalue weighted by Gasteiger charge is 2.17. The smallest absolute Gasteiger partial charge is 0.231 e. The van der Waals surface area contributed by atoms with Crippen LogP contribution in [0.15, 0.2) is 34.8 Å². The molecule has 0 saturated carbocycles. The zero-order chi connectivity index (χ0) is 14.6. The van der Waals surface area contributed by atoms with Gasteiger partial charge in [0.25, 0.3) is 0 Å². The van der Waals surface area contributed by atoms with E-state index in [2.05, 4.69) is 20.9 Å². The second-order valence-electron chi connectivity index (χ2n) is 4.60. The van der Waals surface area contributed by atoms with E-state index in [-0.39, 0.29) is 18.6 Å². The van der Waals surface area contributed by atoms with Gasteiger partial charge in [-0.2, -0.15) is 0 Å². The molecular weight excluding hydrogens is 341 g/mol. The SMILES string of the molecule is Nc1nc2cc(Br)c(F)cc2n1-c1ccc2c(c1)OCO2. The Morgan fingerprint density at radius 1 is 1.19 bits per heavy atom. The average molecular weight is 350 g/mol. The van der Waals surface area contributed by atoms with Gasteiger partial charge in [0.15, 0.2) is 11.5 Å². The highest BCUT2D eigenvalue weighted by atomic mass is 79.9. The van der Waals surface area contributed by atoms with Crippen molar-refractivity contribution in [2.75, 3.05) is 12.5 Å². The Bertz CT molecular complexity index is 878. The maximum atomic E-state index is 13.8. The number of hydrogen-bond acceptors (Lipinski definition) is 4. The van der Waals surface area contributed by atoms with Crippen molar-refractivity contribution in [3.05, 3.63) is 40.6 Å². The molecule has 0 spiro atoms. The lowest BCUT2D eigenvalue weighted by Gasteiger charge is -2.07. The molecule has 0 fully saturated rings. The summed E-state index contributed by atoms with van der Waals surface area (Å²) >= 11 is 3.15. The number of halogens is 2. The summed E-state index contributed by atoms with van der Waals surface area (Å²) in [6.07, 6.45) is 0. The topological polar surface area (TPSA) is 62.3 Å². The van der Waals surface area contributed by atoms with Crippen LogP contribution >= 0.6 is 15.9 Å².